The van der Waals surface area contributed by atoms with Gasteiger partial charge in [0.15, 0.2) is 0 Å². The highest BCUT2D eigenvalue weighted by atomic mass is 19.1. The number of nitrogens with one attached hydrogen (secondary N) is 1. The Kier molecular flexibility index (Phi) is 7.54. The number of benzene rings is 2. The first kappa shape index (κ1) is 23.9. The molecule has 170 valence electrons. The monoisotopic (exact) mass is 428 g/mol. The maximum absolute atomic E-state index is 13.5. The second kappa shape index (κ2) is 9.79. The molecule has 2 aromatic rings. The summed E-state index contributed by atoms with van der Waals surface area (Å²) in [6.07, 6.45) is 6.04. The normalized spacial score (nSPS) is 23.0. The molecule has 3 atom stereocenters. The second-order valence-electron chi connectivity index (χ2n) is 10.4. The van der Waals surface area contributed by atoms with E-state index in [0.29, 0.717) is 17.9 Å². The largest absolute Gasteiger partial charge is 0.327 e. The fourth-order valence-corrected chi connectivity index (χ4v) is 5.02. The van der Waals surface area contributed by atoms with E-state index in [4.69, 9.17) is 5.73 Å². The molecule has 1 aliphatic carbocycles. The summed E-state index contributed by atoms with van der Waals surface area (Å²) >= 11 is 0. The Balaban J connectivity index is 1.72. The second-order valence-corrected chi connectivity index (χ2v) is 10.4. The van der Waals surface area contributed by atoms with Gasteiger partial charge in [0, 0.05) is 17.6 Å². The number of hydrogen-bond donors (Lipinski definition) is 2. The number of nitrogens with two attached hydrogens (primary N) is 1. The van der Waals surface area contributed by atoms with Crippen molar-refractivity contribution in [3.63, 3.8) is 0 Å². The molecule has 0 heterocycles. The van der Waals surface area contributed by atoms with Crippen LogP contribution in [0, 0.1) is 17.6 Å². The van der Waals surface area contributed by atoms with Gasteiger partial charge in [0.25, 0.3) is 0 Å². The molecule has 31 heavy (non-hydrogen) atoms. The average Bonchev–Trinajstić information content (AvgIpc) is 2.68. The SMILES string of the molecule is CC1CCCCC1(NCCC(N)Cc1cc(F)cc(F)c1)c1cccc(C(C)(C)C)c1. The smallest absolute Gasteiger partial charge is 0.126 e. The highest BCUT2D eigenvalue weighted by Crippen LogP contribution is 2.42. The zero-order valence-corrected chi connectivity index (χ0v) is 19.5. The van der Waals surface area contributed by atoms with Gasteiger partial charge in [0.1, 0.15) is 11.6 Å². The molecule has 3 N–H and O–H groups in total. The van der Waals surface area contributed by atoms with E-state index in [1.54, 1.807) is 0 Å². The molecule has 0 amide bonds. The predicted octanol–water partition coefficient (Wildman–Crippen LogP) is 6.22. The molecular formula is C27H38F2N2. The Morgan fingerprint density at radius 2 is 1.81 bits per heavy atom. The molecule has 0 aliphatic heterocycles. The lowest BCUT2D eigenvalue weighted by Crippen LogP contribution is -2.50. The molecule has 0 spiro atoms. The van der Waals surface area contributed by atoms with E-state index in [-0.39, 0.29) is 17.0 Å². The summed E-state index contributed by atoms with van der Waals surface area (Å²) in [4.78, 5) is 0. The summed E-state index contributed by atoms with van der Waals surface area (Å²) in [5.41, 5.74) is 9.73. The van der Waals surface area contributed by atoms with E-state index >= 15 is 0 Å². The molecule has 3 unspecified atom stereocenters. The third kappa shape index (κ3) is 5.93. The van der Waals surface area contributed by atoms with Crippen molar-refractivity contribution >= 4 is 0 Å². The van der Waals surface area contributed by atoms with Crippen molar-refractivity contribution in [2.24, 2.45) is 11.7 Å². The average molecular weight is 429 g/mol. The molecule has 4 heteroatoms. The third-order valence-electron chi connectivity index (χ3n) is 6.92. The standard InChI is InChI=1S/C27H38F2N2/c1-19-8-5-6-12-27(19,22-10-7-9-21(17-22)26(2,3)4)31-13-11-25(30)16-20-14-23(28)18-24(29)15-20/h7,9-10,14-15,17-19,25,31H,5-6,8,11-13,16,30H2,1-4H3. The van der Waals surface area contributed by atoms with Crippen molar-refractivity contribution in [1.29, 1.82) is 0 Å². The van der Waals surface area contributed by atoms with Gasteiger partial charge >= 0.3 is 0 Å². The highest BCUT2D eigenvalue weighted by molar-refractivity contribution is 5.34. The maximum atomic E-state index is 13.5. The zero-order valence-electron chi connectivity index (χ0n) is 19.5. The zero-order chi connectivity index (χ0) is 22.6. The minimum atomic E-state index is -0.547. The van der Waals surface area contributed by atoms with E-state index in [2.05, 4.69) is 57.3 Å². The molecular weight excluding hydrogens is 390 g/mol. The van der Waals surface area contributed by atoms with Crippen molar-refractivity contribution in [3.05, 3.63) is 70.8 Å². The van der Waals surface area contributed by atoms with Crippen molar-refractivity contribution < 1.29 is 8.78 Å². The van der Waals surface area contributed by atoms with Gasteiger partial charge in [-0.2, -0.15) is 0 Å². The molecule has 1 fully saturated rings. The fourth-order valence-electron chi connectivity index (χ4n) is 5.02. The predicted molar refractivity (Wildman–Crippen MR) is 125 cm³/mol. The summed E-state index contributed by atoms with van der Waals surface area (Å²) in [7, 11) is 0. The molecule has 3 rings (SSSR count). The van der Waals surface area contributed by atoms with E-state index in [1.807, 2.05) is 0 Å². The van der Waals surface area contributed by atoms with Gasteiger partial charge in [0.2, 0.25) is 0 Å². The van der Waals surface area contributed by atoms with Crippen molar-refractivity contribution in [2.45, 2.75) is 83.2 Å². The number of hydrogen-bond acceptors (Lipinski definition) is 2. The quantitative estimate of drug-likeness (QED) is 0.550. The van der Waals surface area contributed by atoms with Crippen LogP contribution in [0.4, 0.5) is 8.78 Å². The van der Waals surface area contributed by atoms with Crippen LogP contribution < -0.4 is 11.1 Å². The van der Waals surface area contributed by atoms with Crippen LogP contribution in [0.3, 0.4) is 0 Å². The van der Waals surface area contributed by atoms with Crippen molar-refractivity contribution in [3.8, 4) is 0 Å². The van der Waals surface area contributed by atoms with Crippen LogP contribution in [0.2, 0.25) is 0 Å². The Bertz CT molecular complexity index is 854. The lowest BCUT2D eigenvalue weighted by molar-refractivity contribution is 0.152. The minimum Gasteiger partial charge on any atom is -0.327 e. The lowest BCUT2D eigenvalue weighted by atomic mass is 9.68. The van der Waals surface area contributed by atoms with Crippen LogP contribution in [-0.4, -0.2) is 12.6 Å². The van der Waals surface area contributed by atoms with Gasteiger partial charge in [0.05, 0.1) is 0 Å². The van der Waals surface area contributed by atoms with E-state index < -0.39 is 11.6 Å². The van der Waals surface area contributed by atoms with Crippen LogP contribution in [0.5, 0.6) is 0 Å². The molecule has 1 aliphatic rings. The molecule has 0 saturated heterocycles. The van der Waals surface area contributed by atoms with Gasteiger partial charge in [-0.3, -0.25) is 0 Å². The summed E-state index contributed by atoms with van der Waals surface area (Å²) in [6, 6.07) is 12.5. The Morgan fingerprint density at radius 3 is 2.45 bits per heavy atom. The van der Waals surface area contributed by atoms with Crippen LogP contribution in [0.1, 0.15) is 76.5 Å². The highest BCUT2D eigenvalue weighted by Gasteiger charge is 2.39. The van der Waals surface area contributed by atoms with Crippen LogP contribution in [-0.2, 0) is 17.4 Å². The molecule has 0 radical (unpaired) electrons. The van der Waals surface area contributed by atoms with Crippen LogP contribution >= 0.6 is 0 Å². The lowest BCUT2D eigenvalue weighted by Gasteiger charge is -2.45. The van der Waals surface area contributed by atoms with E-state index in [1.165, 1.54) is 42.5 Å². The Labute approximate surface area is 186 Å². The summed E-state index contributed by atoms with van der Waals surface area (Å²) in [5.74, 6) is -0.562. The Hall–Kier alpha value is -1.78. The van der Waals surface area contributed by atoms with Gasteiger partial charge in [-0.15, -0.1) is 0 Å². The van der Waals surface area contributed by atoms with Crippen molar-refractivity contribution in [2.75, 3.05) is 6.54 Å². The molecule has 2 nitrogen and oxygen atoms in total. The summed E-state index contributed by atoms with van der Waals surface area (Å²) < 4.78 is 27.0. The van der Waals surface area contributed by atoms with Crippen LogP contribution in [0.25, 0.3) is 0 Å². The first-order valence-electron chi connectivity index (χ1n) is 11.7. The minimum absolute atomic E-state index is 0.0514. The van der Waals surface area contributed by atoms with Gasteiger partial charge < -0.3 is 11.1 Å². The Morgan fingerprint density at radius 1 is 1.10 bits per heavy atom. The van der Waals surface area contributed by atoms with E-state index in [9.17, 15) is 8.78 Å². The number of rotatable bonds is 7. The van der Waals surface area contributed by atoms with Gasteiger partial charge in [-0.25, -0.2) is 8.78 Å². The third-order valence-corrected chi connectivity index (χ3v) is 6.92. The summed E-state index contributed by atoms with van der Waals surface area (Å²) in [5, 5.41) is 3.89. The first-order chi connectivity index (χ1) is 14.6. The fraction of sp³-hybridized carbons (Fsp3) is 0.556. The maximum Gasteiger partial charge on any atom is 0.126 e. The molecule has 1 saturated carbocycles. The molecule has 2 aromatic carbocycles. The topological polar surface area (TPSA) is 38.0 Å². The van der Waals surface area contributed by atoms with Crippen LogP contribution in [0.15, 0.2) is 42.5 Å². The first-order valence-corrected chi connectivity index (χ1v) is 11.7. The van der Waals surface area contributed by atoms with Gasteiger partial charge in [-0.1, -0.05) is 64.8 Å². The van der Waals surface area contributed by atoms with E-state index in [0.717, 1.165) is 25.5 Å². The number of halogens is 2. The molecule has 0 bridgehead atoms. The summed E-state index contributed by atoms with van der Waals surface area (Å²) in [6.45, 7) is 9.90. The molecule has 0 aromatic heterocycles. The van der Waals surface area contributed by atoms with Gasteiger partial charge in [-0.05, 0) is 72.4 Å². The van der Waals surface area contributed by atoms with Crippen molar-refractivity contribution in [1.82, 2.24) is 5.32 Å².